The quantitative estimate of drug-likeness (QED) is 0.841. The fourth-order valence-corrected chi connectivity index (χ4v) is 2.22. The lowest BCUT2D eigenvalue weighted by Crippen LogP contribution is -2.13. The Hall–Kier alpha value is -1.46. The summed E-state index contributed by atoms with van der Waals surface area (Å²) in [6.45, 7) is 2.65. The molecule has 1 aromatic heterocycles. The van der Waals surface area contributed by atoms with Crippen molar-refractivity contribution in [2.45, 2.75) is 13.5 Å². The van der Waals surface area contributed by atoms with Crippen LogP contribution in [0.3, 0.4) is 0 Å². The molecule has 0 saturated carbocycles. The summed E-state index contributed by atoms with van der Waals surface area (Å²) in [7, 11) is 0. The number of nitrogens with zero attached hydrogens (tertiary/aromatic N) is 1. The second-order valence-corrected chi connectivity index (χ2v) is 5.57. The Morgan fingerprint density at radius 2 is 2.16 bits per heavy atom. The summed E-state index contributed by atoms with van der Waals surface area (Å²) in [5, 5.41) is 3.33. The molecule has 0 atom stereocenters. The molecule has 0 aliphatic rings. The maximum atomic E-state index is 5.72. The minimum absolute atomic E-state index is 0.386. The number of anilines is 1. The maximum absolute atomic E-state index is 5.72. The average Bonchev–Trinajstić information content (AvgIpc) is 2.38. The van der Waals surface area contributed by atoms with Crippen LogP contribution >= 0.6 is 28.1 Å². The molecule has 1 aromatic carbocycles. The third-order valence-electron chi connectivity index (χ3n) is 2.70. The largest absolute Gasteiger partial charge is 0.389 e. The van der Waals surface area contributed by atoms with Crippen LogP contribution in [0.15, 0.2) is 41.0 Å². The van der Waals surface area contributed by atoms with Gasteiger partial charge in [-0.25, -0.2) is 0 Å². The lowest BCUT2D eigenvalue weighted by atomic mass is 10.1. The van der Waals surface area contributed by atoms with Crippen molar-refractivity contribution in [3.8, 4) is 0 Å². The van der Waals surface area contributed by atoms with Gasteiger partial charge in [0.05, 0.1) is 0 Å². The minimum Gasteiger partial charge on any atom is -0.389 e. The number of nitrogens with one attached hydrogen (secondary N) is 1. The van der Waals surface area contributed by atoms with Crippen LogP contribution in [0.1, 0.15) is 16.8 Å². The SMILES string of the molecule is Cc1ccc(CNc2cc(Br)ccc2C(N)=S)cn1. The van der Waals surface area contributed by atoms with Gasteiger partial charge in [0.2, 0.25) is 0 Å². The third-order valence-corrected chi connectivity index (χ3v) is 3.42. The van der Waals surface area contributed by atoms with Gasteiger partial charge in [-0.15, -0.1) is 0 Å². The first kappa shape index (κ1) is 14.0. The summed E-state index contributed by atoms with van der Waals surface area (Å²) in [4.78, 5) is 4.65. The van der Waals surface area contributed by atoms with Crippen LogP contribution in [0.25, 0.3) is 0 Å². The fraction of sp³-hybridized carbons (Fsp3) is 0.143. The Morgan fingerprint density at radius 1 is 1.37 bits per heavy atom. The zero-order valence-corrected chi connectivity index (χ0v) is 12.9. The Balaban J connectivity index is 2.16. The number of nitrogens with two attached hydrogens (primary N) is 1. The standard InChI is InChI=1S/C14H14BrN3S/c1-9-2-3-10(7-17-9)8-18-13-6-11(15)4-5-12(13)14(16)19/h2-7,18H,8H2,1H3,(H2,16,19). The van der Waals surface area contributed by atoms with E-state index in [1.54, 1.807) is 0 Å². The highest BCUT2D eigenvalue weighted by Gasteiger charge is 2.05. The summed E-state index contributed by atoms with van der Waals surface area (Å²) in [5.74, 6) is 0. The van der Waals surface area contributed by atoms with Crippen LogP contribution in [0.5, 0.6) is 0 Å². The number of aromatic nitrogens is 1. The van der Waals surface area contributed by atoms with Crippen molar-refractivity contribution < 1.29 is 0 Å². The number of hydrogen-bond acceptors (Lipinski definition) is 3. The zero-order chi connectivity index (χ0) is 13.8. The molecule has 0 unspecified atom stereocenters. The number of aryl methyl sites for hydroxylation is 1. The molecule has 0 radical (unpaired) electrons. The van der Waals surface area contributed by atoms with Crippen molar-refractivity contribution in [2.24, 2.45) is 5.73 Å². The summed E-state index contributed by atoms with van der Waals surface area (Å²) in [6, 6.07) is 9.84. The number of benzene rings is 1. The molecular formula is C14H14BrN3S. The first-order chi connectivity index (χ1) is 9.06. The van der Waals surface area contributed by atoms with Gasteiger partial charge in [0.25, 0.3) is 0 Å². The number of halogens is 1. The molecule has 0 aliphatic carbocycles. The highest BCUT2D eigenvalue weighted by atomic mass is 79.9. The molecule has 5 heteroatoms. The second kappa shape index (κ2) is 6.12. The summed E-state index contributed by atoms with van der Waals surface area (Å²) < 4.78 is 0.983. The predicted molar refractivity (Wildman–Crippen MR) is 86.3 cm³/mol. The first-order valence-electron chi connectivity index (χ1n) is 5.81. The minimum atomic E-state index is 0.386. The number of hydrogen-bond donors (Lipinski definition) is 2. The van der Waals surface area contributed by atoms with Gasteiger partial charge in [0.1, 0.15) is 4.99 Å². The molecule has 0 fully saturated rings. The van der Waals surface area contributed by atoms with Gasteiger partial charge in [0, 0.05) is 34.2 Å². The number of thiocarbonyl (C=S) groups is 1. The molecule has 98 valence electrons. The van der Waals surface area contributed by atoms with E-state index in [9.17, 15) is 0 Å². The van der Waals surface area contributed by atoms with E-state index in [4.69, 9.17) is 18.0 Å². The van der Waals surface area contributed by atoms with Gasteiger partial charge in [-0.3, -0.25) is 4.98 Å². The molecule has 0 aliphatic heterocycles. The van der Waals surface area contributed by atoms with Gasteiger partial charge in [0.15, 0.2) is 0 Å². The van der Waals surface area contributed by atoms with E-state index >= 15 is 0 Å². The van der Waals surface area contributed by atoms with Gasteiger partial charge < -0.3 is 11.1 Å². The van der Waals surface area contributed by atoms with E-state index < -0.39 is 0 Å². The van der Waals surface area contributed by atoms with Gasteiger partial charge in [-0.2, -0.15) is 0 Å². The van der Waals surface area contributed by atoms with E-state index in [0.717, 1.165) is 27.0 Å². The molecule has 3 nitrogen and oxygen atoms in total. The zero-order valence-electron chi connectivity index (χ0n) is 10.5. The smallest absolute Gasteiger partial charge is 0.106 e. The first-order valence-corrected chi connectivity index (χ1v) is 7.01. The Kier molecular flexibility index (Phi) is 4.50. The van der Waals surface area contributed by atoms with Crippen LogP contribution in [0.4, 0.5) is 5.69 Å². The van der Waals surface area contributed by atoms with Crippen LogP contribution < -0.4 is 11.1 Å². The highest BCUT2D eigenvalue weighted by molar-refractivity contribution is 9.10. The Morgan fingerprint density at radius 3 is 2.79 bits per heavy atom. The topological polar surface area (TPSA) is 50.9 Å². The van der Waals surface area contributed by atoms with Gasteiger partial charge in [-0.05, 0) is 36.8 Å². The van der Waals surface area contributed by atoms with Crippen LogP contribution in [0.2, 0.25) is 0 Å². The molecule has 0 spiro atoms. The van der Waals surface area contributed by atoms with Crippen LogP contribution in [-0.4, -0.2) is 9.97 Å². The van der Waals surface area contributed by atoms with Crippen molar-refractivity contribution >= 4 is 38.8 Å². The van der Waals surface area contributed by atoms with E-state index in [1.165, 1.54) is 0 Å². The Labute approximate surface area is 126 Å². The fourth-order valence-electron chi connectivity index (χ4n) is 1.68. The molecule has 2 rings (SSSR count). The normalized spacial score (nSPS) is 10.2. The predicted octanol–water partition coefficient (Wildman–Crippen LogP) is 3.40. The molecular weight excluding hydrogens is 322 g/mol. The van der Waals surface area contributed by atoms with Crippen LogP contribution in [-0.2, 0) is 6.54 Å². The highest BCUT2D eigenvalue weighted by Crippen LogP contribution is 2.22. The molecule has 0 amide bonds. The third kappa shape index (κ3) is 3.75. The second-order valence-electron chi connectivity index (χ2n) is 4.22. The Bertz CT molecular complexity index is 596. The average molecular weight is 336 g/mol. The monoisotopic (exact) mass is 335 g/mol. The number of pyridine rings is 1. The molecule has 0 bridgehead atoms. The molecule has 19 heavy (non-hydrogen) atoms. The van der Waals surface area contributed by atoms with Crippen molar-refractivity contribution in [2.75, 3.05) is 5.32 Å². The lowest BCUT2D eigenvalue weighted by molar-refractivity contribution is 1.08. The molecule has 1 heterocycles. The van der Waals surface area contributed by atoms with E-state index in [-0.39, 0.29) is 0 Å². The number of rotatable bonds is 4. The van der Waals surface area contributed by atoms with Crippen molar-refractivity contribution in [1.82, 2.24) is 4.98 Å². The van der Waals surface area contributed by atoms with Crippen molar-refractivity contribution in [3.63, 3.8) is 0 Å². The van der Waals surface area contributed by atoms with Crippen molar-refractivity contribution in [1.29, 1.82) is 0 Å². The molecule has 2 aromatic rings. The van der Waals surface area contributed by atoms with Gasteiger partial charge in [-0.1, -0.05) is 34.2 Å². The van der Waals surface area contributed by atoms with E-state index in [2.05, 4.69) is 26.2 Å². The van der Waals surface area contributed by atoms with Crippen molar-refractivity contribution in [3.05, 3.63) is 57.8 Å². The van der Waals surface area contributed by atoms with Crippen LogP contribution in [0, 0.1) is 6.92 Å². The van der Waals surface area contributed by atoms with E-state index in [1.807, 2.05) is 43.5 Å². The lowest BCUT2D eigenvalue weighted by Gasteiger charge is -2.11. The summed E-state index contributed by atoms with van der Waals surface area (Å²) in [6.07, 6.45) is 1.86. The summed E-state index contributed by atoms with van der Waals surface area (Å²) >= 11 is 8.50. The molecule has 3 N–H and O–H groups in total. The van der Waals surface area contributed by atoms with E-state index in [0.29, 0.717) is 11.5 Å². The summed E-state index contributed by atoms with van der Waals surface area (Å²) in [5.41, 5.74) is 9.60. The molecule has 0 saturated heterocycles. The van der Waals surface area contributed by atoms with Gasteiger partial charge >= 0.3 is 0 Å². The maximum Gasteiger partial charge on any atom is 0.106 e.